The zero-order valence-electron chi connectivity index (χ0n) is 12.3. The summed E-state index contributed by atoms with van der Waals surface area (Å²) in [4.78, 5) is 0.392. The van der Waals surface area contributed by atoms with Gasteiger partial charge in [0.15, 0.2) is 0 Å². The Morgan fingerprint density at radius 2 is 2.00 bits per heavy atom. The zero-order valence-corrected chi connectivity index (χ0v) is 13.1. The number of hydrogen-bond acceptors (Lipinski definition) is 3. The highest BCUT2D eigenvalue weighted by atomic mass is 32.2. The number of nitrogens with zero attached hydrogens (tertiary/aromatic N) is 1. The van der Waals surface area contributed by atoms with E-state index in [9.17, 15) is 8.42 Å². The lowest BCUT2D eigenvalue weighted by Gasteiger charge is -2.29. The van der Waals surface area contributed by atoms with Crippen molar-refractivity contribution in [3.05, 3.63) is 24.3 Å². The van der Waals surface area contributed by atoms with Crippen LogP contribution in [-0.4, -0.2) is 32.4 Å². The summed E-state index contributed by atoms with van der Waals surface area (Å²) in [6.45, 7) is 2.71. The normalized spacial score (nSPS) is 21.4. The Balaban J connectivity index is 2.41. The molecule has 1 aromatic carbocycles. The highest BCUT2D eigenvalue weighted by Gasteiger charge is 2.32. The molecule has 0 spiro atoms. The van der Waals surface area contributed by atoms with Crippen molar-refractivity contribution in [3.8, 4) is 0 Å². The van der Waals surface area contributed by atoms with E-state index in [0.29, 0.717) is 17.1 Å². The lowest BCUT2D eigenvalue weighted by Crippen LogP contribution is -2.39. The van der Waals surface area contributed by atoms with Crippen molar-refractivity contribution in [2.75, 3.05) is 18.9 Å². The Morgan fingerprint density at radius 1 is 1.25 bits per heavy atom. The van der Waals surface area contributed by atoms with Gasteiger partial charge in [0.05, 0.1) is 5.69 Å². The molecule has 0 radical (unpaired) electrons. The van der Waals surface area contributed by atoms with E-state index in [-0.39, 0.29) is 6.04 Å². The number of hydrogen-bond donors (Lipinski definition) is 1. The molecule has 1 saturated heterocycles. The third kappa shape index (κ3) is 2.99. The third-order valence-electron chi connectivity index (χ3n) is 4.04. The number of para-hydroxylation sites is 1. The standard InChI is InChI=1S/C15H24N2O2S/c1-3-13-9-5-4-8-12-17(13)20(18,19)15-11-7-6-10-14(15)16-2/h6-7,10-11,13,16H,3-5,8-9,12H2,1-2H3. The van der Waals surface area contributed by atoms with Crippen LogP contribution < -0.4 is 5.32 Å². The van der Waals surface area contributed by atoms with Crippen molar-refractivity contribution >= 4 is 15.7 Å². The Kier molecular flexibility index (Phi) is 5.05. The quantitative estimate of drug-likeness (QED) is 0.929. The van der Waals surface area contributed by atoms with Gasteiger partial charge in [-0.1, -0.05) is 31.9 Å². The summed E-state index contributed by atoms with van der Waals surface area (Å²) in [6.07, 6.45) is 5.05. The minimum Gasteiger partial charge on any atom is -0.387 e. The molecular weight excluding hydrogens is 272 g/mol. The lowest BCUT2D eigenvalue weighted by molar-refractivity contribution is 0.315. The molecule has 1 N–H and O–H groups in total. The minimum atomic E-state index is -3.42. The Labute approximate surface area is 122 Å². The van der Waals surface area contributed by atoms with Crippen LogP contribution in [0.3, 0.4) is 0 Å². The van der Waals surface area contributed by atoms with E-state index < -0.39 is 10.0 Å². The Bertz CT molecular complexity index is 543. The van der Waals surface area contributed by atoms with Crippen molar-refractivity contribution in [2.24, 2.45) is 0 Å². The maximum Gasteiger partial charge on any atom is 0.245 e. The molecule has 4 nitrogen and oxygen atoms in total. The number of nitrogens with one attached hydrogen (secondary N) is 1. The molecule has 2 rings (SSSR count). The van der Waals surface area contributed by atoms with E-state index in [4.69, 9.17) is 0 Å². The van der Waals surface area contributed by atoms with Gasteiger partial charge in [0, 0.05) is 19.6 Å². The molecule has 0 bridgehead atoms. The van der Waals surface area contributed by atoms with E-state index in [0.717, 1.165) is 32.1 Å². The maximum absolute atomic E-state index is 13.0. The molecule has 0 aliphatic carbocycles. The van der Waals surface area contributed by atoms with Gasteiger partial charge in [-0.25, -0.2) is 8.42 Å². The first-order valence-electron chi connectivity index (χ1n) is 7.40. The molecular formula is C15H24N2O2S. The fourth-order valence-electron chi connectivity index (χ4n) is 2.90. The molecule has 1 aliphatic heterocycles. The van der Waals surface area contributed by atoms with E-state index in [1.54, 1.807) is 23.5 Å². The van der Waals surface area contributed by atoms with E-state index in [2.05, 4.69) is 12.2 Å². The van der Waals surface area contributed by atoms with E-state index >= 15 is 0 Å². The predicted octanol–water partition coefficient (Wildman–Crippen LogP) is 3.07. The first-order valence-corrected chi connectivity index (χ1v) is 8.84. The number of rotatable bonds is 4. The summed E-state index contributed by atoms with van der Waals surface area (Å²) >= 11 is 0. The maximum atomic E-state index is 13.0. The van der Waals surface area contributed by atoms with E-state index in [1.165, 1.54) is 0 Å². The van der Waals surface area contributed by atoms with Crippen LogP contribution in [0, 0.1) is 0 Å². The monoisotopic (exact) mass is 296 g/mol. The van der Waals surface area contributed by atoms with Crippen LogP contribution in [-0.2, 0) is 10.0 Å². The van der Waals surface area contributed by atoms with Crippen LogP contribution in [0.4, 0.5) is 5.69 Å². The molecule has 0 amide bonds. The molecule has 112 valence electrons. The van der Waals surface area contributed by atoms with Crippen LogP contribution in [0.25, 0.3) is 0 Å². The molecule has 0 aromatic heterocycles. The third-order valence-corrected chi connectivity index (χ3v) is 6.05. The average molecular weight is 296 g/mol. The summed E-state index contributed by atoms with van der Waals surface area (Å²) in [5.74, 6) is 0. The highest BCUT2D eigenvalue weighted by molar-refractivity contribution is 7.89. The van der Waals surface area contributed by atoms with Gasteiger partial charge in [-0.15, -0.1) is 0 Å². The lowest BCUT2D eigenvalue weighted by atomic mass is 10.1. The van der Waals surface area contributed by atoms with Gasteiger partial charge < -0.3 is 5.32 Å². The highest BCUT2D eigenvalue weighted by Crippen LogP contribution is 2.29. The van der Waals surface area contributed by atoms with Crippen LogP contribution >= 0.6 is 0 Å². The van der Waals surface area contributed by atoms with Gasteiger partial charge in [-0.3, -0.25) is 0 Å². The van der Waals surface area contributed by atoms with Crippen LogP contribution in [0.5, 0.6) is 0 Å². The Hall–Kier alpha value is -1.07. The summed E-state index contributed by atoms with van der Waals surface area (Å²) < 4.78 is 27.7. The molecule has 1 aliphatic rings. The van der Waals surface area contributed by atoms with Crippen molar-refractivity contribution < 1.29 is 8.42 Å². The summed E-state index contributed by atoms with van der Waals surface area (Å²) in [6, 6.07) is 7.27. The average Bonchev–Trinajstić information content (AvgIpc) is 2.72. The first-order chi connectivity index (χ1) is 9.61. The predicted molar refractivity (Wildman–Crippen MR) is 82.4 cm³/mol. The first kappa shape index (κ1) is 15.3. The second-order valence-corrected chi connectivity index (χ2v) is 7.13. The van der Waals surface area contributed by atoms with Crippen LogP contribution in [0.2, 0.25) is 0 Å². The largest absolute Gasteiger partial charge is 0.387 e. The van der Waals surface area contributed by atoms with Gasteiger partial charge in [0.25, 0.3) is 0 Å². The molecule has 1 atom stereocenters. The second kappa shape index (κ2) is 6.59. The molecule has 0 saturated carbocycles. The fourth-order valence-corrected chi connectivity index (χ4v) is 4.87. The fraction of sp³-hybridized carbons (Fsp3) is 0.600. The molecule has 20 heavy (non-hydrogen) atoms. The summed E-state index contributed by atoms with van der Waals surface area (Å²) in [7, 11) is -1.66. The van der Waals surface area contributed by atoms with Crippen LogP contribution in [0.1, 0.15) is 39.0 Å². The van der Waals surface area contributed by atoms with Crippen molar-refractivity contribution in [3.63, 3.8) is 0 Å². The SMILES string of the molecule is CCC1CCCCCN1S(=O)(=O)c1ccccc1NC. The van der Waals surface area contributed by atoms with Gasteiger partial charge in [0.1, 0.15) is 4.90 Å². The summed E-state index contributed by atoms with van der Waals surface area (Å²) in [5, 5.41) is 2.98. The second-order valence-electron chi connectivity index (χ2n) is 5.27. The molecule has 1 aromatic rings. The minimum absolute atomic E-state index is 0.132. The van der Waals surface area contributed by atoms with Gasteiger partial charge in [-0.2, -0.15) is 4.31 Å². The van der Waals surface area contributed by atoms with Gasteiger partial charge in [0.2, 0.25) is 10.0 Å². The molecule has 1 fully saturated rings. The molecule has 1 unspecified atom stereocenters. The summed E-state index contributed by atoms with van der Waals surface area (Å²) in [5.41, 5.74) is 0.673. The topological polar surface area (TPSA) is 49.4 Å². The van der Waals surface area contributed by atoms with Gasteiger partial charge in [-0.05, 0) is 31.4 Å². The molecule has 1 heterocycles. The van der Waals surface area contributed by atoms with Crippen LogP contribution in [0.15, 0.2) is 29.2 Å². The van der Waals surface area contributed by atoms with Crippen molar-refractivity contribution in [1.29, 1.82) is 0 Å². The van der Waals surface area contributed by atoms with E-state index in [1.807, 2.05) is 12.1 Å². The number of sulfonamides is 1. The zero-order chi connectivity index (χ0) is 14.6. The number of benzene rings is 1. The van der Waals surface area contributed by atoms with Crippen molar-refractivity contribution in [1.82, 2.24) is 4.31 Å². The van der Waals surface area contributed by atoms with Gasteiger partial charge >= 0.3 is 0 Å². The molecule has 5 heteroatoms. The van der Waals surface area contributed by atoms with Crippen molar-refractivity contribution in [2.45, 2.75) is 50.0 Å². The number of anilines is 1. The Morgan fingerprint density at radius 3 is 2.70 bits per heavy atom. The smallest absolute Gasteiger partial charge is 0.245 e.